The predicted molar refractivity (Wildman–Crippen MR) is 92.6 cm³/mol. The van der Waals surface area contributed by atoms with E-state index in [4.69, 9.17) is 10.5 Å². The predicted octanol–water partition coefficient (Wildman–Crippen LogP) is 1.47. The summed E-state index contributed by atoms with van der Waals surface area (Å²) in [6, 6.07) is 0.352. The molecule has 1 amide bonds. The zero-order valence-electron chi connectivity index (χ0n) is 14.1. The molecule has 1 fully saturated rings. The highest BCUT2D eigenvalue weighted by Gasteiger charge is 2.27. The summed E-state index contributed by atoms with van der Waals surface area (Å²) in [4.78, 5) is 19.0. The van der Waals surface area contributed by atoms with Crippen molar-refractivity contribution < 1.29 is 9.53 Å². The van der Waals surface area contributed by atoms with Crippen molar-refractivity contribution in [3.63, 3.8) is 0 Å². The first kappa shape index (κ1) is 18.3. The van der Waals surface area contributed by atoms with Crippen LogP contribution in [0, 0.1) is 5.92 Å². The largest absolute Gasteiger partial charge is 0.379 e. The van der Waals surface area contributed by atoms with E-state index < -0.39 is 0 Å². The van der Waals surface area contributed by atoms with Gasteiger partial charge in [-0.25, -0.2) is 4.98 Å². The maximum absolute atomic E-state index is 12.3. The Morgan fingerprint density at radius 1 is 1.43 bits per heavy atom. The Kier molecular flexibility index (Phi) is 7.42. The quantitative estimate of drug-likeness (QED) is 0.749. The van der Waals surface area contributed by atoms with Crippen LogP contribution in [0.5, 0.6) is 0 Å². The molecule has 1 aromatic heterocycles. The number of nitrogens with one attached hydrogen (secondary N) is 1. The molecule has 0 bridgehead atoms. The number of nitrogens with two attached hydrogens (primary N) is 1. The van der Waals surface area contributed by atoms with Crippen LogP contribution < -0.4 is 11.1 Å². The molecule has 3 N–H and O–H groups in total. The van der Waals surface area contributed by atoms with Crippen LogP contribution in [0.2, 0.25) is 0 Å². The van der Waals surface area contributed by atoms with E-state index in [-0.39, 0.29) is 5.91 Å². The summed E-state index contributed by atoms with van der Waals surface area (Å²) in [5, 5.41) is 5.63. The average Bonchev–Trinajstić information content (AvgIpc) is 3.08. The Labute approximate surface area is 142 Å². The summed E-state index contributed by atoms with van der Waals surface area (Å²) < 4.78 is 5.46. The van der Waals surface area contributed by atoms with Crippen LogP contribution in [0.3, 0.4) is 0 Å². The van der Waals surface area contributed by atoms with Crippen molar-refractivity contribution in [3.8, 4) is 0 Å². The zero-order valence-corrected chi connectivity index (χ0v) is 14.9. The van der Waals surface area contributed by atoms with Crippen molar-refractivity contribution in [2.75, 3.05) is 32.8 Å². The number of rotatable bonds is 8. The third kappa shape index (κ3) is 4.97. The van der Waals surface area contributed by atoms with E-state index in [1.54, 1.807) is 5.38 Å². The summed E-state index contributed by atoms with van der Waals surface area (Å²) in [5.41, 5.74) is 6.03. The van der Waals surface area contributed by atoms with Gasteiger partial charge < -0.3 is 15.8 Å². The maximum atomic E-state index is 12.3. The van der Waals surface area contributed by atoms with Crippen LogP contribution in [0.1, 0.15) is 42.2 Å². The second-order valence-corrected chi connectivity index (χ2v) is 6.78. The van der Waals surface area contributed by atoms with Gasteiger partial charge in [0, 0.05) is 37.6 Å². The Bertz CT molecular complexity index is 484. The molecule has 0 radical (unpaired) electrons. The van der Waals surface area contributed by atoms with Gasteiger partial charge in [-0.1, -0.05) is 26.7 Å². The molecule has 0 aromatic carbocycles. The van der Waals surface area contributed by atoms with Gasteiger partial charge in [-0.05, 0) is 5.92 Å². The number of carbonyl (C=O) groups excluding carboxylic acids is 1. The molecule has 2 heterocycles. The molecule has 1 aliphatic rings. The van der Waals surface area contributed by atoms with E-state index in [0.717, 1.165) is 44.2 Å². The molecule has 0 spiro atoms. The number of hydrogen-bond donors (Lipinski definition) is 2. The minimum atomic E-state index is -0.106. The highest BCUT2D eigenvalue weighted by Crippen LogP contribution is 2.20. The molecule has 1 unspecified atom stereocenters. The standard InChI is InChI=1S/C16H28N4O2S/c1-3-12(4-2)14(20-5-7-22-8-6-20)10-18-16(21)13-11-23-15(9-17)19-13/h11-12,14H,3-10,17H2,1-2H3,(H,18,21). The van der Waals surface area contributed by atoms with Gasteiger partial charge in [0.05, 0.1) is 13.2 Å². The second kappa shape index (κ2) is 9.32. The first-order chi connectivity index (χ1) is 11.2. The van der Waals surface area contributed by atoms with Crippen LogP contribution in [0.15, 0.2) is 5.38 Å². The van der Waals surface area contributed by atoms with Gasteiger partial charge >= 0.3 is 0 Å². The molecule has 130 valence electrons. The summed E-state index contributed by atoms with van der Waals surface area (Å²) in [6.45, 7) is 8.89. The third-order valence-electron chi connectivity index (χ3n) is 4.54. The molecule has 0 aliphatic carbocycles. The SMILES string of the molecule is CCC(CC)C(CNC(=O)c1csc(CN)n1)N1CCOCC1. The minimum absolute atomic E-state index is 0.106. The van der Waals surface area contributed by atoms with Gasteiger partial charge in [-0.3, -0.25) is 9.69 Å². The van der Waals surface area contributed by atoms with Crippen molar-refractivity contribution in [2.45, 2.75) is 39.3 Å². The van der Waals surface area contributed by atoms with Crippen molar-refractivity contribution >= 4 is 17.2 Å². The minimum Gasteiger partial charge on any atom is -0.379 e. The molecular formula is C16H28N4O2S. The van der Waals surface area contributed by atoms with Gasteiger partial charge in [0.2, 0.25) is 0 Å². The number of carbonyl (C=O) groups is 1. The normalized spacial score (nSPS) is 17.4. The lowest BCUT2D eigenvalue weighted by Gasteiger charge is -2.38. The van der Waals surface area contributed by atoms with E-state index in [2.05, 4.69) is 29.0 Å². The lowest BCUT2D eigenvalue weighted by atomic mass is 9.92. The Morgan fingerprint density at radius 3 is 2.70 bits per heavy atom. The molecule has 6 nitrogen and oxygen atoms in total. The van der Waals surface area contributed by atoms with Crippen molar-refractivity contribution in [1.82, 2.24) is 15.2 Å². The van der Waals surface area contributed by atoms with Crippen molar-refractivity contribution in [2.24, 2.45) is 11.7 Å². The number of ether oxygens (including phenoxy) is 1. The van der Waals surface area contributed by atoms with E-state index >= 15 is 0 Å². The van der Waals surface area contributed by atoms with Crippen molar-refractivity contribution in [1.29, 1.82) is 0 Å². The van der Waals surface area contributed by atoms with Crippen LogP contribution in [0.25, 0.3) is 0 Å². The molecule has 1 saturated heterocycles. The highest BCUT2D eigenvalue weighted by molar-refractivity contribution is 7.09. The van der Waals surface area contributed by atoms with Gasteiger partial charge in [0.15, 0.2) is 0 Å². The van der Waals surface area contributed by atoms with Gasteiger partial charge in [0.1, 0.15) is 10.7 Å². The summed E-state index contributed by atoms with van der Waals surface area (Å²) in [5.74, 6) is 0.466. The molecular weight excluding hydrogens is 312 g/mol. The van der Waals surface area contributed by atoms with E-state index in [1.165, 1.54) is 11.3 Å². The second-order valence-electron chi connectivity index (χ2n) is 5.83. The number of aromatic nitrogens is 1. The topological polar surface area (TPSA) is 80.5 Å². The van der Waals surface area contributed by atoms with Gasteiger partial charge in [-0.2, -0.15) is 0 Å². The molecule has 1 aromatic rings. The molecule has 23 heavy (non-hydrogen) atoms. The molecule has 0 saturated carbocycles. The first-order valence-corrected chi connectivity index (χ1v) is 9.32. The Balaban J connectivity index is 1.97. The number of nitrogens with zero attached hydrogens (tertiary/aromatic N) is 2. The highest BCUT2D eigenvalue weighted by atomic mass is 32.1. The summed E-state index contributed by atoms with van der Waals surface area (Å²) in [6.07, 6.45) is 2.23. The summed E-state index contributed by atoms with van der Waals surface area (Å²) in [7, 11) is 0. The number of amides is 1. The van der Waals surface area contributed by atoms with Crippen LogP contribution in [-0.2, 0) is 11.3 Å². The summed E-state index contributed by atoms with van der Waals surface area (Å²) >= 11 is 1.43. The maximum Gasteiger partial charge on any atom is 0.270 e. The van der Waals surface area contributed by atoms with Crippen LogP contribution in [0.4, 0.5) is 0 Å². The Morgan fingerprint density at radius 2 is 2.13 bits per heavy atom. The fraction of sp³-hybridized carbons (Fsp3) is 0.750. The fourth-order valence-electron chi connectivity index (χ4n) is 3.13. The number of hydrogen-bond acceptors (Lipinski definition) is 6. The average molecular weight is 340 g/mol. The van der Waals surface area contributed by atoms with Gasteiger partial charge in [0.25, 0.3) is 5.91 Å². The zero-order chi connectivity index (χ0) is 16.7. The smallest absolute Gasteiger partial charge is 0.270 e. The number of thiazole rings is 1. The molecule has 7 heteroatoms. The lowest BCUT2D eigenvalue weighted by molar-refractivity contribution is 0.00190. The van der Waals surface area contributed by atoms with E-state index in [1.807, 2.05) is 0 Å². The Hall–Kier alpha value is -1.02. The van der Waals surface area contributed by atoms with Gasteiger partial charge in [-0.15, -0.1) is 11.3 Å². The van der Waals surface area contributed by atoms with Crippen molar-refractivity contribution in [3.05, 3.63) is 16.1 Å². The lowest BCUT2D eigenvalue weighted by Crippen LogP contribution is -2.52. The van der Waals surface area contributed by atoms with E-state index in [9.17, 15) is 4.79 Å². The monoisotopic (exact) mass is 340 g/mol. The van der Waals surface area contributed by atoms with Crippen LogP contribution >= 0.6 is 11.3 Å². The fourth-order valence-corrected chi connectivity index (χ4v) is 3.79. The molecule has 1 atom stereocenters. The molecule has 2 rings (SSSR count). The van der Waals surface area contributed by atoms with E-state index in [0.29, 0.717) is 30.7 Å². The third-order valence-corrected chi connectivity index (χ3v) is 5.41. The number of morpholine rings is 1. The van der Waals surface area contributed by atoms with Crippen LogP contribution in [-0.4, -0.2) is 54.7 Å². The first-order valence-electron chi connectivity index (χ1n) is 8.44. The molecule has 1 aliphatic heterocycles.